The highest BCUT2D eigenvalue weighted by molar-refractivity contribution is 7.18. The molecule has 0 saturated heterocycles. The Bertz CT molecular complexity index is 1030. The van der Waals surface area contributed by atoms with E-state index < -0.39 is 23.6 Å². The van der Waals surface area contributed by atoms with Crippen LogP contribution in [0.3, 0.4) is 0 Å². The van der Waals surface area contributed by atoms with Gasteiger partial charge in [0.2, 0.25) is 0 Å². The van der Waals surface area contributed by atoms with Crippen LogP contribution in [0.4, 0.5) is 18.3 Å². The number of aryl methyl sites for hydroxylation is 1. The normalized spacial score (nSPS) is 11.3. The first-order valence-electron chi connectivity index (χ1n) is 7.69. The van der Waals surface area contributed by atoms with Gasteiger partial charge in [0.15, 0.2) is 5.13 Å². The lowest BCUT2D eigenvalue weighted by Crippen LogP contribution is -2.11. The number of rotatable bonds is 4. The maximum Gasteiger partial charge on any atom is 0.416 e. The number of aromatic nitrogens is 2. The third kappa shape index (κ3) is 4.20. The first-order chi connectivity index (χ1) is 13.2. The Morgan fingerprint density at radius 1 is 1.14 bits per heavy atom. The van der Waals surface area contributed by atoms with Crippen molar-refractivity contribution in [1.82, 2.24) is 9.97 Å². The molecule has 0 fully saturated rings. The van der Waals surface area contributed by atoms with Gasteiger partial charge >= 0.3 is 12.1 Å². The van der Waals surface area contributed by atoms with Gasteiger partial charge in [0.1, 0.15) is 14.8 Å². The summed E-state index contributed by atoms with van der Waals surface area (Å²) in [5.41, 5.74) is 0.150. The maximum absolute atomic E-state index is 12.7. The van der Waals surface area contributed by atoms with Gasteiger partial charge in [-0.2, -0.15) is 13.2 Å². The number of carbonyl (C=O) groups excluding carboxylic acids is 2. The molecule has 1 aromatic carbocycles. The van der Waals surface area contributed by atoms with E-state index in [9.17, 15) is 22.8 Å². The Hall–Kier alpha value is -2.79. The summed E-state index contributed by atoms with van der Waals surface area (Å²) >= 11 is 2.01. The van der Waals surface area contributed by atoms with Crippen molar-refractivity contribution in [1.29, 1.82) is 0 Å². The van der Waals surface area contributed by atoms with E-state index in [0.717, 1.165) is 34.8 Å². The van der Waals surface area contributed by atoms with Crippen LogP contribution in [-0.2, 0) is 10.9 Å². The molecular weight excluding hydrogens is 415 g/mol. The lowest BCUT2D eigenvalue weighted by molar-refractivity contribution is -0.137. The van der Waals surface area contributed by atoms with E-state index >= 15 is 0 Å². The predicted molar refractivity (Wildman–Crippen MR) is 98.7 cm³/mol. The highest BCUT2D eigenvalue weighted by Gasteiger charge is 2.30. The fourth-order valence-electron chi connectivity index (χ4n) is 2.21. The summed E-state index contributed by atoms with van der Waals surface area (Å²) in [5.74, 6) is -1.03. The fraction of sp³-hybridized carbons (Fsp3) is 0.176. The van der Waals surface area contributed by atoms with Gasteiger partial charge in [-0.15, -0.1) is 11.3 Å². The third-order valence-corrected chi connectivity index (χ3v) is 5.67. The van der Waals surface area contributed by atoms with Crippen molar-refractivity contribution in [3.8, 4) is 10.6 Å². The number of hydrogen-bond donors (Lipinski definition) is 1. The molecule has 6 nitrogen and oxygen atoms in total. The average molecular weight is 427 g/mol. The van der Waals surface area contributed by atoms with Crippen molar-refractivity contribution >= 4 is 39.7 Å². The second kappa shape index (κ2) is 7.68. The van der Waals surface area contributed by atoms with Gasteiger partial charge in [0, 0.05) is 5.56 Å². The molecule has 1 amide bonds. The number of thiazole rings is 2. The Morgan fingerprint density at radius 3 is 2.43 bits per heavy atom. The molecule has 0 radical (unpaired) electrons. The summed E-state index contributed by atoms with van der Waals surface area (Å²) in [6.45, 7) is 1.63. The number of benzene rings is 1. The Morgan fingerprint density at radius 2 is 1.82 bits per heavy atom. The van der Waals surface area contributed by atoms with E-state index in [4.69, 9.17) is 0 Å². The predicted octanol–water partition coefficient (Wildman–Crippen LogP) is 4.63. The number of amides is 1. The van der Waals surface area contributed by atoms with Crippen molar-refractivity contribution in [3.63, 3.8) is 0 Å². The number of nitrogens with one attached hydrogen (secondary N) is 1. The zero-order valence-corrected chi connectivity index (χ0v) is 16.1. The second-order valence-electron chi connectivity index (χ2n) is 5.48. The number of hydrogen-bond acceptors (Lipinski definition) is 7. The van der Waals surface area contributed by atoms with Crippen LogP contribution in [0, 0.1) is 6.92 Å². The molecule has 0 spiro atoms. The number of carbonyl (C=O) groups is 2. The number of methoxy groups -OCH3 is 1. The monoisotopic (exact) mass is 427 g/mol. The van der Waals surface area contributed by atoms with Gasteiger partial charge in [-0.25, -0.2) is 14.8 Å². The number of alkyl halides is 3. The second-order valence-corrected chi connectivity index (χ2v) is 7.51. The SMILES string of the molecule is COC(=O)c1cnc(NC(=O)c2sc(-c3ccc(C(F)(F)F)cc3)nc2C)s1. The van der Waals surface area contributed by atoms with E-state index in [1.807, 2.05) is 0 Å². The fourth-order valence-corrected chi connectivity index (χ4v) is 3.91. The molecule has 2 heterocycles. The number of anilines is 1. The van der Waals surface area contributed by atoms with Crippen LogP contribution in [0.1, 0.15) is 30.6 Å². The highest BCUT2D eigenvalue weighted by atomic mass is 32.1. The van der Waals surface area contributed by atoms with Crippen LogP contribution in [0.15, 0.2) is 30.5 Å². The Labute approximate surface area is 165 Å². The van der Waals surface area contributed by atoms with Crippen molar-refractivity contribution in [3.05, 3.63) is 51.5 Å². The summed E-state index contributed by atoms with van der Waals surface area (Å²) in [6.07, 6.45) is -3.13. The Kier molecular flexibility index (Phi) is 5.47. The highest BCUT2D eigenvalue weighted by Crippen LogP contribution is 2.33. The molecular formula is C17H12F3N3O3S2. The van der Waals surface area contributed by atoms with Crippen LogP contribution >= 0.6 is 22.7 Å². The zero-order valence-electron chi connectivity index (χ0n) is 14.5. The minimum Gasteiger partial charge on any atom is -0.465 e. The van der Waals surface area contributed by atoms with Crippen LogP contribution in [-0.4, -0.2) is 29.0 Å². The quantitative estimate of drug-likeness (QED) is 0.614. The van der Waals surface area contributed by atoms with Gasteiger partial charge in [0.25, 0.3) is 5.91 Å². The van der Waals surface area contributed by atoms with Gasteiger partial charge in [-0.05, 0) is 19.1 Å². The first-order valence-corrected chi connectivity index (χ1v) is 9.33. The Balaban J connectivity index is 1.79. The zero-order chi connectivity index (χ0) is 20.5. The maximum atomic E-state index is 12.7. The molecule has 0 bridgehead atoms. The molecule has 146 valence electrons. The molecule has 11 heteroatoms. The lowest BCUT2D eigenvalue weighted by atomic mass is 10.1. The molecule has 3 rings (SSSR count). The molecule has 3 aromatic rings. The van der Waals surface area contributed by atoms with Gasteiger partial charge < -0.3 is 4.74 Å². The summed E-state index contributed by atoms with van der Waals surface area (Å²) < 4.78 is 42.6. The summed E-state index contributed by atoms with van der Waals surface area (Å²) in [4.78, 5) is 32.7. The molecule has 0 atom stereocenters. The topological polar surface area (TPSA) is 81.2 Å². The van der Waals surface area contributed by atoms with E-state index in [2.05, 4.69) is 20.0 Å². The largest absolute Gasteiger partial charge is 0.465 e. The van der Waals surface area contributed by atoms with Crippen LogP contribution in [0.5, 0.6) is 0 Å². The molecule has 1 N–H and O–H groups in total. The van der Waals surface area contributed by atoms with Crippen molar-refractivity contribution in [2.24, 2.45) is 0 Å². The van der Waals surface area contributed by atoms with Crippen LogP contribution < -0.4 is 5.32 Å². The van der Waals surface area contributed by atoms with Gasteiger partial charge in [0.05, 0.1) is 24.6 Å². The average Bonchev–Trinajstić information content (AvgIpc) is 3.27. The van der Waals surface area contributed by atoms with Crippen LogP contribution in [0.2, 0.25) is 0 Å². The molecule has 0 aliphatic rings. The summed E-state index contributed by atoms with van der Waals surface area (Å²) in [5, 5.41) is 3.21. The molecule has 0 aliphatic heterocycles. The standard InChI is InChI=1S/C17H12F3N3O3S2/c1-8-12(13(24)23-16-21-7-11(27-16)15(25)26-2)28-14(22-8)9-3-5-10(6-4-9)17(18,19)20/h3-7H,1-2H3,(H,21,23,24). The molecule has 0 saturated carbocycles. The number of halogens is 3. The number of nitrogens with zero attached hydrogens (tertiary/aromatic N) is 2. The molecule has 28 heavy (non-hydrogen) atoms. The lowest BCUT2D eigenvalue weighted by Gasteiger charge is -2.06. The smallest absolute Gasteiger partial charge is 0.416 e. The van der Waals surface area contributed by atoms with Crippen molar-refractivity contribution < 1.29 is 27.5 Å². The number of esters is 1. The minimum absolute atomic E-state index is 0.217. The van der Waals surface area contributed by atoms with E-state index in [-0.39, 0.29) is 10.0 Å². The number of ether oxygens (including phenoxy) is 1. The minimum atomic E-state index is -4.42. The van der Waals surface area contributed by atoms with Crippen LogP contribution in [0.25, 0.3) is 10.6 Å². The summed E-state index contributed by atoms with van der Waals surface area (Å²) in [6, 6.07) is 4.56. The van der Waals surface area contributed by atoms with Gasteiger partial charge in [-0.3, -0.25) is 10.1 Å². The van der Waals surface area contributed by atoms with Gasteiger partial charge in [-0.1, -0.05) is 23.5 Å². The third-order valence-electron chi connectivity index (χ3n) is 3.57. The van der Waals surface area contributed by atoms with E-state index in [0.29, 0.717) is 21.1 Å². The molecule has 0 unspecified atom stereocenters. The van der Waals surface area contributed by atoms with Crippen molar-refractivity contribution in [2.45, 2.75) is 13.1 Å². The first kappa shape index (κ1) is 20.0. The summed E-state index contributed by atoms with van der Waals surface area (Å²) in [7, 11) is 1.24. The molecule has 0 aliphatic carbocycles. The van der Waals surface area contributed by atoms with E-state index in [1.165, 1.54) is 25.4 Å². The molecule has 2 aromatic heterocycles. The van der Waals surface area contributed by atoms with E-state index in [1.54, 1.807) is 6.92 Å². The van der Waals surface area contributed by atoms with Crippen molar-refractivity contribution in [2.75, 3.05) is 12.4 Å².